The minimum absolute atomic E-state index is 0.00129. The first kappa shape index (κ1) is 13.1. The Kier molecular flexibility index (Phi) is 4.04. The number of nitrogens with two attached hydrogens (primary N) is 1. The smallest absolute Gasteiger partial charge is 0.175 e. The summed E-state index contributed by atoms with van der Waals surface area (Å²) in [6, 6.07) is 4.02. The van der Waals surface area contributed by atoms with Gasteiger partial charge in [0.1, 0.15) is 5.82 Å². The summed E-state index contributed by atoms with van der Waals surface area (Å²) in [7, 11) is -3.34. The van der Waals surface area contributed by atoms with E-state index in [2.05, 4.69) is 0 Å². The van der Waals surface area contributed by atoms with Gasteiger partial charge in [-0.05, 0) is 36.6 Å². The summed E-state index contributed by atoms with van der Waals surface area (Å²) in [6.45, 7) is 2.35. The summed E-state index contributed by atoms with van der Waals surface area (Å²) < 4.78 is 36.1. The average molecular weight is 245 g/mol. The van der Waals surface area contributed by atoms with Crippen LogP contribution < -0.4 is 5.73 Å². The van der Waals surface area contributed by atoms with Crippen LogP contribution in [0, 0.1) is 5.82 Å². The maximum atomic E-state index is 13.6. The van der Waals surface area contributed by atoms with E-state index in [0.717, 1.165) is 12.3 Å². The van der Waals surface area contributed by atoms with Crippen molar-refractivity contribution in [2.45, 2.75) is 24.2 Å². The van der Waals surface area contributed by atoms with Gasteiger partial charge in [-0.15, -0.1) is 0 Å². The van der Waals surface area contributed by atoms with Crippen molar-refractivity contribution in [3.05, 3.63) is 29.6 Å². The van der Waals surface area contributed by atoms with Gasteiger partial charge in [0, 0.05) is 6.26 Å². The molecule has 1 rings (SSSR count). The van der Waals surface area contributed by atoms with E-state index in [0.29, 0.717) is 18.5 Å². The van der Waals surface area contributed by atoms with E-state index in [1.807, 2.05) is 6.92 Å². The summed E-state index contributed by atoms with van der Waals surface area (Å²) in [5, 5.41) is 0. The molecule has 0 heterocycles. The van der Waals surface area contributed by atoms with Crippen molar-refractivity contribution in [2.24, 2.45) is 5.73 Å². The Bertz CT molecular complexity index is 471. The minimum Gasteiger partial charge on any atom is -0.330 e. The van der Waals surface area contributed by atoms with Crippen LogP contribution in [-0.2, 0) is 9.84 Å². The van der Waals surface area contributed by atoms with E-state index in [1.54, 1.807) is 0 Å². The first-order valence-electron chi connectivity index (χ1n) is 5.06. The quantitative estimate of drug-likeness (QED) is 0.878. The topological polar surface area (TPSA) is 60.2 Å². The fourth-order valence-corrected chi connectivity index (χ4v) is 2.18. The maximum Gasteiger partial charge on any atom is 0.175 e. The summed E-state index contributed by atoms with van der Waals surface area (Å²) in [5.74, 6) is -0.484. The van der Waals surface area contributed by atoms with Crippen LogP contribution in [0.25, 0.3) is 0 Å². The predicted octanol–water partition coefficient (Wildman–Crippen LogP) is 1.68. The highest BCUT2D eigenvalue weighted by atomic mass is 32.2. The molecule has 0 aliphatic rings. The summed E-state index contributed by atoms with van der Waals surface area (Å²) >= 11 is 0. The number of halogens is 1. The Morgan fingerprint density at radius 2 is 2.06 bits per heavy atom. The van der Waals surface area contributed by atoms with Crippen molar-refractivity contribution < 1.29 is 12.8 Å². The van der Waals surface area contributed by atoms with Gasteiger partial charge >= 0.3 is 0 Å². The van der Waals surface area contributed by atoms with Gasteiger partial charge < -0.3 is 5.73 Å². The Labute approximate surface area is 95.4 Å². The molecule has 2 N–H and O–H groups in total. The molecule has 3 nitrogen and oxygen atoms in total. The van der Waals surface area contributed by atoms with E-state index >= 15 is 0 Å². The first-order chi connectivity index (χ1) is 7.36. The minimum atomic E-state index is -3.34. The molecule has 0 aliphatic carbocycles. The van der Waals surface area contributed by atoms with Gasteiger partial charge in [-0.1, -0.05) is 13.0 Å². The van der Waals surface area contributed by atoms with Crippen molar-refractivity contribution in [3.63, 3.8) is 0 Å². The average Bonchev–Trinajstić information content (AvgIpc) is 2.16. The van der Waals surface area contributed by atoms with Crippen molar-refractivity contribution in [3.8, 4) is 0 Å². The van der Waals surface area contributed by atoms with Crippen molar-refractivity contribution in [1.29, 1.82) is 0 Å². The van der Waals surface area contributed by atoms with Gasteiger partial charge in [-0.25, -0.2) is 12.8 Å². The molecule has 0 bridgehead atoms. The number of rotatable bonds is 4. The molecule has 1 unspecified atom stereocenters. The molecule has 0 aromatic heterocycles. The molecular formula is C11H16FNO2S. The fourth-order valence-electron chi connectivity index (χ4n) is 1.54. The van der Waals surface area contributed by atoms with Gasteiger partial charge in [0.25, 0.3) is 0 Å². The lowest BCUT2D eigenvalue weighted by molar-refractivity contribution is 0.569. The normalized spacial score (nSPS) is 13.8. The molecule has 1 aromatic rings. The largest absolute Gasteiger partial charge is 0.330 e. The van der Waals surface area contributed by atoms with Gasteiger partial charge in [0.15, 0.2) is 9.84 Å². The van der Waals surface area contributed by atoms with Crippen LogP contribution in [0.4, 0.5) is 4.39 Å². The summed E-state index contributed by atoms with van der Waals surface area (Å²) in [6.07, 6.45) is 1.74. The zero-order valence-electron chi connectivity index (χ0n) is 9.40. The van der Waals surface area contributed by atoms with E-state index < -0.39 is 15.7 Å². The second kappa shape index (κ2) is 4.93. The molecule has 0 saturated heterocycles. The molecule has 0 saturated carbocycles. The van der Waals surface area contributed by atoms with Crippen LogP contribution in [0.3, 0.4) is 0 Å². The van der Waals surface area contributed by atoms with Crippen LogP contribution in [0.2, 0.25) is 0 Å². The Hall–Kier alpha value is -0.940. The number of sulfone groups is 1. The molecular weight excluding hydrogens is 229 g/mol. The highest BCUT2D eigenvalue weighted by molar-refractivity contribution is 7.90. The third-order valence-electron chi connectivity index (χ3n) is 2.53. The Morgan fingerprint density at radius 3 is 2.50 bits per heavy atom. The molecule has 1 atom stereocenters. The standard InChI is InChI=1S/C11H16FNO2S/c1-8(5-6-13)10-4-3-9(7-11(10)12)16(2,14)15/h3-4,7-8H,5-6,13H2,1-2H3. The molecule has 5 heteroatoms. The third-order valence-corrected chi connectivity index (χ3v) is 3.64. The molecule has 0 radical (unpaired) electrons. The van der Waals surface area contributed by atoms with Gasteiger partial charge in [0.2, 0.25) is 0 Å². The lowest BCUT2D eigenvalue weighted by atomic mass is 9.97. The highest BCUT2D eigenvalue weighted by Crippen LogP contribution is 2.23. The Balaban J connectivity index is 3.10. The van der Waals surface area contributed by atoms with Crippen LogP contribution in [0.15, 0.2) is 23.1 Å². The number of benzene rings is 1. The molecule has 0 amide bonds. The lowest BCUT2D eigenvalue weighted by Crippen LogP contribution is -2.07. The molecule has 0 fully saturated rings. The monoisotopic (exact) mass is 245 g/mol. The highest BCUT2D eigenvalue weighted by Gasteiger charge is 2.14. The second-order valence-corrected chi connectivity index (χ2v) is 5.95. The molecule has 0 spiro atoms. The lowest BCUT2D eigenvalue weighted by Gasteiger charge is -2.12. The van der Waals surface area contributed by atoms with Gasteiger partial charge in [-0.2, -0.15) is 0 Å². The molecule has 0 aliphatic heterocycles. The van der Waals surface area contributed by atoms with Crippen molar-refractivity contribution in [2.75, 3.05) is 12.8 Å². The summed E-state index contributed by atoms with van der Waals surface area (Å²) in [4.78, 5) is 0.00805. The van der Waals surface area contributed by atoms with Gasteiger partial charge in [0.05, 0.1) is 4.90 Å². The fraction of sp³-hybridized carbons (Fsp3) is 0.455. The van der Waals surface area contributed by atoms with E-state index in [9.17, 15) is 12.8 Å². The second-order valence-electron chi connectivity index (χ2n) is 3.93. The number of hydrogen-bond donors (Lipinski definition) is 1. The first-order valence-corrected chi connectivity index (χ1v) is 6.95. The van der Waals surface area contributed by atoms with Crippen LogP contribution in [-0.4, -0.2) is 21.2 Å². The van der Waals surface area contributed by atoms with Crippen LogP contribution in [0.5, 0.6) is 0 Å². The molecule has 16 heavy (non-hydrogen) atoms. The number of hydrogen-bond acceptors (Lipinski definition) is 3. The third kappa shape index (κ3) is 3.02. The summed E-state index contributed by atoms with van der Waals surface area (Å²) in [5.41, 5.74) is 5.91. The SMILES string of the molecule is CC(CCN)c1ccc(S(C)(=O)=O)cc1F. The zero-order valence-corrected chi connectivity index (χ0v) is 10.2. The zero-order chi connectivity index (χ0) is 12.3. The van der Waals surface area contributed by atoms with Gasteiger partial charge in [-0.3, -0.25) is 0 Å². The van der Waals surface area contributed by atoms with Crippen LogP contribution >= 0.6 is 0 Å². The van der Waals surface area contributed by atoms with E-state index in [4.69, 9.17) is 5.73 Å². The van der Waals surface area contributed by atoms with E-state index in [-0.39, 0.29) is 10.8 Å². The molecule has 1 aromatic carbocycles. The van der Waals surface area contributed by atoms with Crippen LogP contribution in [0.1, 0.15) is 24.8 Å². The van der Waals surface area contributed by atoms with Crippen molar-refractivity contribution >= 4 is 9.84 Å². The maximum absolute atomic E-state index is 13.6. The van der Waals surface area contributed by atoms with E-state index in [1.165, 1.54) is 12.1 Å². The predicted molar refractivity (Wildman–Crippen MR) is 61.6 cm³/mol. The van der Waals surface area contributed by atoms with Crippen molar-refractivity contribution in [1.82, 2.24) is 0 Å². The molecule has 90 valence electrons. The Morgan fingerprint density at radius 1 is 1.44 bits per heavy atom.